The zero-order valence-corrected chi connectivity index (χ0v) is 25.3. The van der Waals surface area contributed by atoms with Crippen LogP contribution in [0.15, 0.2) is 67.3 Å². The number of anilines is 1. The fourth-order valence-electron chi connectivity index (χ4n) is 7.17. The minimum atomic E-state index is -0.400. The zero-order chi connectivity index (χ0) is 29.7. The van der Waals surface area contributed by atoms with E-state index in [2.05, 4.69) is 61.8 Å². The summed E-state index contributed by atoms with van der Waals surface area (Å²) in [6.07, 6.45) is 12.7. The van der Waals surface area contributed by atoms with Crippen LogP contribution < -0.4 is 11.1 Å². The lowest BCUT2D eigenvalue weighted by Crippen LogP contribution is -2.50. The summed E-state index contributed by atoms with van der Waals surface area (Å²) in [4.78, 5) is 29.4. The molecule has 0 radical (unpaired) electrons. The Kier molecular flexibility index (Phi) is 9.92. The van der Waals surface area contributed by atoms with Gasteiger partial charge in [-0.1, -0.05) is 49.9 Å². The molecule has 7 nitrogen and oxygen atoms in total. The Labute approximate surface area is 246 Å². The molecule has 1 saturated heterocycles. The molecule has 1 aromatic rings. The number of benzene rings is 1. The largest absolute Gasteiger partial charge is 0.399 e. The van der Waals surface area contributed by atoms with Crippen LogP contribution in [0.4, 0.5) is 5.69 Å². The fraction of sp³-hybridized carbons (Fsp3) is 0.529. The number of hydrogen-bond donors (Lipinski definition) is 2. The van der Waals surface area contributed by atoms with E-state index < -0.39 is 5.41 Å². The van der Waals surface area contributed by atoms with Crippen molar-refractivity contribution >= 4 is 17.5 Å². The van der Waals surface area contributed by atoms with Gasteiger partial charge in [0, 0.05) is 50.6 Å². The first-order valence-electron chi connectivity index (χ1n) is 15.0. The average Bonchev–Trinajstić information content (AvgIpc) is 3.41. The molecular weight excluding hydrogens is 512 g/mol. The molecule has 1 heterocycles. The highest BCUT2D eigenvalue weighted by Gasteiger charge is 2.54. The van der Waals surface area contributed by atoms with E-state index in [0.29, 0.717) is 45.1 Å². The van der Waals surface area contributed by atoms with Gasteiger partial charge in [-0.15, -0.1) is 6.58 Å². The number of allylic oxidation sites excluding steroid dienone is 6. The number of likely N-dealkylation sites (N-methyl/N-ethyl adjacent to an activating group) is 2. The van der Waals surface area contributed by atoms with Gasteiger partial charge >= 0.3 is 0 Å². The number of nitrogens with two attached hydrogens (primary N) is 1. The standard InChI is InChI=1S/C34H48N4O3/c1-7-10-29-26(9-3)28-20-24(8-2)34(29,30-21-25(35)11-12-27(28)30)14-13-32(39)37(5)15-17-41-18-16-38(6)33(40)31-19-23(4)22-36-31/h7-12,20-21,23,26,28-29,31,36H,2-3,13-19,22,35H2,1,4-6H3/b10-7-/t23-,26?,28?,29?,31?,34?/m0/s1. The molecule has 3 aliphatic carbocycles. The molecule has 1 fully saturated rings. The van der Waals surface area contributed by atoms with Crippen LogP contribution in [0.5, 0.6) is 0 Å². The van der Waals surface area contributed by atoms with Gasteiger partial charge < -0.3 is 25.6 Å². The summed E-state index contributed by atoms with van der Waals surface area (Å²) < 4.78 is 5.81. The lowest BCUT2D eigenvalue weighted by atomic mass is 9.47. The average molecular weight is 561 g/mol. The number of fused-ring (bicyclic) bond motifs is 1. The normalized spacial score (nSPS) is 28.3. The van der Waals surface area contributed by atoms with Crippen molar-refractivity contribution in [2.45, 2.75) is 50.5 Å². The van der Waals surface area contributed by atoms with Crippen LogP contribution in [0.1, 0.15) is 50.2 Å². The van der Waals surface area contributed by atoms with Crippen molar-refractivity contribution in [3.05, 3.63) is 78.4 Å². The number of nitrogens with one attached hydrogen (secondary N) is 1. The summed E-state index contributed by atoms with van der Waals surface area (Å²) in [7, 11) is 3.65. The molecule has 1 aliphatic heterocycles. The predicted octanol–water partition coefficient (Wildman–Crippen LogP) is 4.44. The molecular formula is C34H48N4O3. The van der Waals surface area contributed by atoms with Crippen molar-refractivity contribution in [1.29, 1.82) is 0 Å². The van der Waals surface area contributed by atoms with Crippen LogP contribution in [-0.2, 0) is 19.7 Å². The van der Waals surface area contributed by atoms with Gasteiger partial charge in [-0.05, 0) is 72.9 Å². The van der Waals surface area contributed by atoms with Crippen LogP contribution in [0.3, 0.4) is 0 Å². The molecule has 0 saturated carbocycles. The molecule has 2 bridgehead atoms. The van der Waals surface area contributed by atoms with Crippen LogP contribution in [0.25, 0.3) is 0 Å². The maximum Gasteiger partial charge on any atom is 0.239 e. The third-order valence-corrected chi connectivity index (χ3v) is 9.41. The van der Waals surface area contributed by atoms with Crippen molar-refractivity contribution < 1.29 is 14.3 Å². The smallest absolute Gasteiger partial charge is 0.239 e. The lowest BCUT2D eigenvalue weighted by molar-refractivity contribution is -0.132. The molecule has 6 atom stereocenters. The van der Waals surface area contributed by atoms with E-state index in [4.69, 9.17) is 10.5 Å². The van der Waals surface area contributed by atoms with Crippen molar-refractivity contribution in [1.82, 2.24) is 15.1 Å². The van der Waals surface area contributed by atoms with E-state index in [-0.39, 0.29) is 35.6 Å². The summed E-state index contributed by atoms with van der Waals surface area (Å²) in [5.74, 6) is 1.32. The minimum absolute atomic E-state index is 0.0765. The number of nitrogens with zero attached hydrogens (tertiary/aromatic N) is 2. The zero-order valence-electron chi connectivity index (χ0n) is 25.3. The molecule has 7 heteroatoms. The Hall–Kier alpha value is -3.16. The fourth-order valence-corrected chi connectivity index (χ4v) is 7.17. The van der Waals surface area contributed by atoms with Crippen LogP contribution >= 0.6 is 0 Å². The highest BCUT2D eigenvalue weighted by molar-refractivity contribution is 5.82. The van der Waals surface area contributed by atoms with Crippen molar-refractivity contribution in [3.63, 3.8) is 0 Å². The van der Waals surface area contributed by atoms with Crippen LogP contribution in [0, 0.1) is 17.8 Å². The topological polar surface area (TPSA) is 87.9 Å². The van der Waals surface area contributed by atoms with Gasteiger partial charge in [-0.2, -0.15) is 0 Å². The van der Waals surface area contributed by atoms with E-state index in [0.717, 1.165) is 18.7 Å². The second kappa shape index (κ2) is 13.2. The molecule has 5 rings (SSSR count). The molecule has 0 aromatic heterocycles. The molecule has 0 spiro atoms. The second-order valence-electron chi connectivity index (χ2n) is 12.0. The predicted molar refractivity (Wildman–Crippen MR) is 166 cm³/mol. The highest BCUT2D eigenvalue weighted by atomic mass is 16.5. The van der Waals surface area contributed by atoms with Crippen molar-refractivity contribution in [3.8, 4) is 0 Å². The highest BCUT2D eigenvalue weighted by Crippen LogP contribution is 2.61. The number of carbonyl (C=O) groups is 2. The molecule has 2 amide bonds. The SMILES string of the molecule is C=CC1=CC2c3ccc(N)cc3C1(CCC(=O)N(C)CCOCCN(C)C(=O)C1C[C@H](C)CN1)C(/C=C\C)C2C=C. The number of ether oxygens (including phenoxy) is 1. The monoisotopic (exact) mass is 560 g/mol. The first-order valence-corrected chi connectivity index (χ1v) is 15.0. The van der Waals surface area contributed by atoms with E-state index in [1.165, 1.54) is 16.7 Å². The maximum absolute atomic E-state index is 13.4. The molecule has 5 unspecified atom stereocenters. The molecule has 222 valence electrons. The quantitative estimate of drug-likeness (QED) is 0.212. The molecule has 41 heavy (non-hydrogen) atoms. The summed E-state index contributed by atoms with van der Waals surface area (Å²) in [5.41, 5.74) is 10.3. The van der Waals surface area contributed by atoms with Gasteiger partial charge in [0.05, 0.1) is 19.3 Å². The Balaban J connectivity index is 1.37. The number of amides is 2. The second-order valence-corrected chi connectivity index (χ2v) is 12.0. The molecule has 3 N–H and O–H groups in total. The minimum Gasteiger partial charge on any atom is -0.399 e. The van der Waals surface area contributed by atoms with Gasteiger partial charge in [-0.25, -0.2) is 0 Å². The van der Waals surface area contributed by atoms with Crippen LogP contribution in [-0.4, -0.2) is 74.6 Å². The third-order valence-electron chi connectivity index (χ3n) is 9.41. The van der Waals surface area contributed by atoms with Crippen molar-refractivity contribution in [2.24, 2.45) is 17.8 Å². The van der Waals surface area contributed by atoms with Gasteiger partial charge in [0.25, 0.3) is 0 Å². The number of hydrogen-bond acceptors (Lipinski definition) is 5. The van der Waals surface area contributed by atoms with Gasteiger partial charge in [0.2, 0.25) is 11.8 Å². The summed E-state index contributed by atoms with van der Waals surface area (Å²) in [6.45, 7) is 15.3. The van der Waals surface area contributed by atoms with Gasteiger partial charge in [0.15, 0.2) is 0 Å². The Bertz CT molecular complexity index is 1210. The maximum atomic E-state index is 13.4. The summed E-state index contributed by atoms with van der Waals surface area (Å²) in [5, 5.41) is 3.29. The number of rotatable bonds is 13. The van der Waals surface area contributed by atoms with Gasteiger partial charge in [0.1, 0.15) is 0 Å². The van der Waals surface area contributed by atoms with E-state index >= 15 is 0 Å². The van der Waals surface area contributed by atoms with E-state index in [9.17, 15) is 9.59 Å². The Morgan fingerprint density at radius 3 is 2.56 bits per heavy atom. The molecule has 1 aromatic carbocycles. The van der Waals surface area contributed by atoms with E-state index in [1.807, 2.05) is 33.2 Å². The van der Waals surface area contributed by atoms with E-state index in [1.54, 1.807) is 9.80 Å². The Morgan fingerprint density at radius 2 is 1.93 bits per heavy atom. The third kappa shape index (κ3) is 6.07. The number of nitrogen functional groups attached to an aromatic ring is 1. The summed E-state index contributed by atoms with van der Waals surface area (Å²) in [6, 6.07) is 6.12. The molecule has 4 aliphatic rings. The first-order chi connectivity index (χ1) is 19.7. The van der Waals surface area contributed by atoms with Crippen molar-refractivity contribution in [2.75, 3.05) is 52.7 Å². The first kappa shape index (κ1) is 30.8. The van der Waals surface area contributed by atoms with Gasteiger partial charge in [-0.3, -0.25) is 9.59 Å². The number of carbonyl (C=O) groups excluding carboxylic acids is 2. The lowest BCUT2D eigenvalue weighted by Gasteiger charge is -2.55. The summed E-state index contributed by atoms with van der Waals surface area (Å²) >= 11 is 0. The van der Waals surface area contributed by atoms with Crippen LogP contribution in [0.2, 0.25) is 0 Å². The Morgan fingerprint density at radius 1 is 1.20 bits per heavy atom.